The molecule has 0 aliphatic carbocycles. The fourth-order valence-corrected chi connectivity index (χ4v) is 2.20. The molecule has 4 heteroatoms. The van der Waals surface area contributed by atoms with Gasteiger partial charge < -0.3 is 9.73 Å². The number of benzene rings is 2. The van der Waals surface area contributed by atoms with Gasteiger partial charge >= 0.3 is 0 Å². The molecule has 0 fully saturated rings. The number of hydrogen-bond donors (Lipinski definition) is 1. The van der Waals surface area contributed by atoms with Gasteiger partial charge in [-0.05, 0) is 48.9 Å². The molecule has 21 heavy (non-hydrogen) atoms. The van der Waals surface area contributed by atoms with Gasteiger partial charge in [0.1, 0.15) is 0 Å². The van der Waals surface area contributed by atoms with Crippen LogP contribution in [0.4, 0.5) is 5.69 Å². The number of rotatable bonds is 4. The summed E-state index contributed by atoms with van der Waals surface area (Å²) in [5.41, 5.74) is 3.24. The van der Waals surface area contributed by atoms with E-state index in [9.17, 15) is 0 Å². The smallest absolute Gasteiger partial charge is 0.214 e. The summed E-state index contributed by atoms with van der Waals surface area (Å²) in [7, 11) is 0. The molecule has 1 aromatic heterocycles. The van der Waals surface area contributed by atoms with Crippen molar-refractivity contribution in [1.82, 2.24) is 4.98 Å². The predicted molar refractivity (Wildman–Crippen MR) is 85.5 cm³/mol. The number of nitrogens with zero attached hydrogens (tertiary/aromatic N) is 1. The van der Waals surface area contributed by atoms with Gasteiger partial charge in [-0.2, -0.15) is 0 Å². The molecule has 1 heterocycles. The summed E-state index contributed by atoms with van der Waals surface area (Å²) >= 11 is 5.88. The zero-order valence-electron chi connectivity index (χ0n) is 11.6. The quantitative estimate of drug-likeness (QED) is 0.743. The molecule has 0 bridgehead atoms. The topological polar surface area (TPSA) is 38.1 Å². The van der Waals surface area contributed by atoms with E-state index in [1.165, 1.54) is 5.56 Å². The fraction of sp³-hybridized carbons (Fsp3) is 0.118. The zero-order chi connectivity index (χ0) is 14.7. The van der Waals surface area contributed by atoms with E-state index in [0.717, 1.165) is 17.0 Å². The largest absolute Gasteiger partial charge is 0.439 e. The van der Waals surface area contributed by atoms with Crippen molar-refractivity contribution in [3.8, 4) is 11.3 Å². The van der Waals surface area contributed by atoms with Crippen LogP contribution in [0, 0.1) is 6.92 Å². The van der Waals surface area contributed by atoms with Gasteiger partial charge in [0.25, 0.3) is 0 Å². The number of aromatic nitrogens is 1. The lowest BCUT2D eigenvalue weighted by Gasteiger charge is -2.04. The summed E-state index contributed by atoms with van der Waals surface area (Å²) in [4.78, 5) is 4.29. The van der Waals surface area contributed by atoms with Crippen molar-refractivity contribution in [3.05, 3.63) is 71.2 Å². The van der Waals surface area contributed by atoms with Gasteiger partial charge in [-0.1, -0.05) is 23.7 Å². The monoisotopic (exact) mass is 298 g/mol. The summed E-state index contributed by atoms with van der Waals surface area (Å²) in [6.45, 7) is 2.62. The van der Waals surface area contributed by atoms with Gasteiger partial charge in [0, 0.05) is 16.3 Å². The summed E-state index contributed by atoms with van der Waals surface area (Å²) in [5.74, 6) is 1.40. The first kappa shape index (κ1) is 13.7. The Bertz CT molecular complexity index is 735. The van der Waals surface area contributed by atoms with Crippen LogP contribution in [0.2, 0.25) is 5.02 Å². The summed E-state index contributed by atoms with van der Waals surface area (Å²) in [6, 6.07) is 15.7. The van der Waals surface area contributed by atoms with Crippen LogP contribution in [0.25, 0.3) is 11.3 Å². The van der Waals surface area contributed by atoms with Crippen LogP contribution in [-0.2, 0) is 6.54 Å². The number of nitrogens with one attached hydrogen (secondary N) is 1. The van der Waals surface area contributed by atoms with Crippen LogP contribution in [0.1, 0.15) is 11.5 Å². The molecule has 0 saturated carbocycles. The standard InChI is InChI=1S/C17H15ClN2O/c1-12-3-2-4-15(9-12)19-11-17-20-10-16(21-17)13-5-7-14(18)8-6-13/h2-10,19H,11H2,1H3. The highest BCUT2D eigenvalue weighted by Crippen LogP contribution is 2.22. The maximum Gasteiger partial charge on any atom is 0.214 e. The van der Waals surface area contributed by atoms with Crippen LogP contribution in [0.15, 0.2) is 59.1 Å². The van der Waals surface area contributed by atoms with Gasteiger partial charge in [0.05, 0.1) is 12.7 Å². The van der Waals surface area contributed by atoms with E-state index in [0.29, 0.717) is 17.5 Å². The minimum atomic E-state index is 0.553. The predicted octanol–water partition coefficient (Wildman–Crippen LogP) is 4.92. The summed E-state index contributed by atoms with van der Waals surface area (Å²) in [6.07, 6.45) is 1.73. The lowest BCUT2D eigenvalue weighted by atomic mass is 10.2. The van der Waals surface area contributed by atoms with Gasteiger partial charge in [0.2, 0.25) is 5.89 Å². The molecule has 0 aliphatic rings. The van der Waals surface area contributed by atoms with Gasteiger partial charge in [-0.3, -0.25) is 0 Å². The van der Waals surface area contributed by atoms with Crippen molar-refractivity contribution in [2.75, 3.05) is 5.32 Å². The SMILES string of the molecule is Cc1cccc(NCc2ncc(-c3ccc(Cl)cc3)o2)c1. The average Bonchev–Trinajstić information content (AvgIpc) is 2.95. The molecule has 0 atom stereocenters. The molecule has 0 saturated heterocycles. The molecule has 0 aliphatic heterocycles. The lowest BCUT2D eigenvalue weighted by Crippen LogP contribution is -1.99. The van der Waals surface area contributed by atoms with Crippen LogP contribution >= 0.6 is 11.6 Å². The van der Waals surface area contributed by atoms with Gasteiger partial charge in [0.15, 0.2) is 5.76 Å². The minimum Gasteiger partial charge on any atom is -0.439 e. The Morgan fingerprint density at radius 3 is 2.71 bits per heavy atom. The Balaban J connectivity index is 1.69. The number of aryl methyl sites for hydroxylation is 1. The third-order valence-electron chi connectivity index (χ3n) is 3.14. The molecule has 2 aromatic carbocycles. The highest BCUT2D eigenvalue weighted by atomic mass is 35.5. The highest BCUT2D eigenvalue weighted by Gasteiger charge is 2.06. The molecule has 0 amide bonds. The first-order chi connectivity index (χ1) is 10.2. The zero-order valence-corrected chi connectivity index (χ0v) is 12.4. The minimum absolute atomic E-state index is 0.553. The van der Waals surface area contributed by atoms with Crippen LogP contribution < -0.4 is 5.32 Å². The highest BCUT2D eigenvalue weighted by molar-refractivity contribution is 6.30. The number of oxazole rings is 1. The Morgan fingerprint density at radius 2 is 1.95 bits per heavy atom. The first-order valence-corrected chi connectivity index (χ1v) is 7.10. The molecule has 3 nitrogen and oxygen atoms in total. The van der Waals surface area contributed by atoms with E-state index in [-0.39, 0.29) is 0 Å². The van der Waals surface area contributed by atoms with Crippen molar-refractivity contribution in [2.45, 2.75) is 13.5 Å². The van der Waals surface area contributed by atoms with Gasteiger partial charge in [-0.15, -0.1) is 0 Å². The summed E-state index contributed by atoms with van der Waals surface area (Å²) < 4.78 is 5.74. The molecule has 0 radical (unpaired) electrons. The van der Waals surface area contributed by atoms with E-state index in [1.807, 2.05) is 36.4 Å². The molecule has 0 spiro atoms. The molecule has 3 rings (SSSR count). The van der Waals surface area contributed by atoms with E-state index in [2.05, 4.69) is 29.4 Å². The third-order valence-corrected chi connectivity index (χ3v) is 3.40. The average molecular weight is 299 g/mol. The van der Waals surface area contributed by atoms with E-state index in [4.69, 9.17) is 16.0 Å². The molecule has 1 N–H and O–H groups in total. The Hall–Kier alpha value is -2.26. The van der Waals surface area contributed by atoms with Crippen molar-refractivity contribution in [1.29, 1.82) is 0 Å². The number of anilines is 1. The normalized spacial score (nSPS) is 10.6. The fourth-order valence-electron chi connectivity index (χ4n) is 2.07. The lowest BCUT2D eigenvalue weighted by molar-refractivity contribution is 0.516. The Kier molecular flexibility index (Phi) is 3.93. The molecular formula is C17H15ClN2O. The van der Waals surface area contributed by atoms with Crippen molar-refractivity contribution in [3.63, 3.8) is 0 Å². The Morgan fingerprint density at radius 1 is 1.14 bits per heavy atom. The third kappa shape index (κ3) is 3.44. The van der Waals surface area contributed by atoms with Crippen molar-refractivity contribution in [2.24, 2.45) is 0 Å². The maximum absolute atomic E-state index is 5.88. The number of halogens is 1. The van der Waals surface area contributed by atoms with Crippen molar-refractivity contribution < 1.29 is 4.42 Å². The van der Waals surface area contributed by atoms with E-state index in [1.54, 1.807) is 6.20 Å². The Labute approximate surface area is 128 Å². The van der Waals surface area contributed by atoms with Crippen molar-refractivity contribution >= 4 is 17.3 Å². The molecule has 106 valence electrons. The van der Waals surface area contributed by atoms with E-state index < -0.39 is 0 Å². The second-order valence-electron chi connectivity index (χ2n) is 4.85. The first-order valence-electron chi connectivity index (χ1n) is 6.72. The van der Waals surface area contributed by atoms with Crippen LogP contribution in [0.5, 0.6) is 0 Å². The summed E-state index contributed by atoms with van der Waals surface area (Å²) in [5, 5.41) is 4.01. The molecule has 3 aromatic rings. The number of hydrogen-bond acceptors (Lipinski definition) is 3. The van der Waals surface area contributed by atoms with Gasteiger partial charge in [-0.25, -0.2) is 4.98 Å². The van der Waals surface area contributed by atoms with E-state index >= 15 is 0 Å². The second kappa shape index (κ2) is 6.02. The maximum atomic E-state index is 5.88. The molecular weight excluding hydrogens is 284 g/mol. The van der Waals surface area contributed by atoms with Crippen LogP contribution in [0.3, 0.4) is 0 Å². The second-order valence-corrected chi connectivity index (χ2v) is 5.28. The van der Waals surface area contributed by atoms with Crippen LogP contribution in [-0.4, -0.2) is 4.98 Å². The molecule has 0 unspecified atom stereocenters.